The van der Waals surface area contributed by atoms with Crippen molar-refractivity contribution in [1.29, 1.82) is 0 Å². The molecule has 0 aliphatic carbocycles. The van der Waals surface area contributed by atoms with E-state index < -0.39 is 0 Å². The molecule has 3 rings (SSSR count). The first kappa shape index (κ1) is 12.6. The van der Waals surface area contributed by atoms with Crippen LogP contribution in [-0.4, -0.2) is 18.5 Å². The normalized spacial score (nSPS) is 26.4. The maximum absolute atomic E-state index is 6.36. The molecule has 1 unspecified atom stereocenters. The van der Waals surface area contributed by atoms with Crippen LogP contribution in [0.4, 0.5) is 0 Å². The van der Waals surface area contributed by atoms with Crippen molar-refractivity contribution in [3.63, 3.8) is 0 Å². The van der Waals surface area contributed by atoms with Crippen molar-refractivity contribution < 1.29 is 9.47 Å². The molecule has 0 amide bonds. The van der Waals surface area contributed by atoms with Crippen LogP contribution in [0.1, 0.15) is 30.5 Å². The Hall–Kier alpha value is -0.390. The van der Waals surface area contributed by atoms with Crippen LogP contribution in [0.3, 0.4) is 0 Å². The van der Waals surface area contributed by atoms with E-state index in [1.807, 2.05) is 17.8 Å². The van der Waals surface area contributed by atoms with Crippen LogP contribution in [0.5, 0.6) is 11.5 Å². The molecule has 1 aromatic rings. The molecule has 5 heteroatoms. The first-order valence-corrected chi connectivity index (χ1v) is 7.99. The third-order valence-electron chi connectivity index (χ3n) is 3.40. The molecule has 98 valence electrons. The smallest absolute Gasteiger partial charge is 0.166 e. The van der Waals surface area contributed by atoms with Crippen molar-refractivity contribution in [1.82, 2.24) is 0 Å². The van der Waals surface area contributed by atoms with Crippen molar-refractivity contribution in [2.75, 3.05) is 13.2 Å². The second-order valence-corrected chi connectivity index (χ2v) is 7.02. The Bertz CT molecular complexity index is 481. The number of halogens is 1. The standard InChI is InChI=1S/C13H16BrNO2S/c1-7-4-10(15)12-8(6-18-7)9(14)5-11-13(12)17-3-2-16-11/h5,7,10H,2-4,6,15H2,1H3/t7?,10-/m1/s1. The summed E-state index contributed by atoms with van der Waals surface area (Å²) in [6, 6.07) is 2.04. The molecule has 18 heavy (non-hydrogen) atoms. The largest absolute Gasteiger partial charge is 0.486 e. The van der Waals surface area contributed by atoms with Crippen molar-refractivity contribution in [3.05, 3.63) is 21.7 Å². The predicted octanol–water partition coefficient (Wildman–Crippen LogP) is 3.25. The van der Waals surface area contributed by atoms with Crippen LogP contribution in [-0.2, 0) is 5.75 Å². The predicted molar refractivity (Wildman–Crippen MR) is 77.4 cm³/mol. The highest BCUT2D eigenvalue weighted by Gasteiger charge is 2.29. The molecule has 3 nitrogen and oxygen atoms in total. The first-order valence-electron chi connectivity index (χ1n) is 6.15. The summed E-state index contributed by atoms with van der Waals surface area (Å²) in [6.07, 6.45) is 0.976. The molecule has 2 N–H and O–H groups in total. The van der Waals surface area contributed by atoms with E-state index in [0.717, 1.165) is 33.7 Å². The molecule has 0 saturated heterocycles. The number of rotatable bonds is 0. The quantitative estimate of drug-likeness (QED) is 0.793. The van der Waals surface area contributed by atoms with Gasteiger partial charge in [0, 0.05) is 27.1 Å². The van der Waals surface area contributed by atoms with Gasteiger partial charge in [-0.05, 0) is 18.1 Å². The molecule has 0 spiro atoms. The van der Waals surface area contributed by atoms with Gasteiger partial charge in [0.1, 0.15) is 13.2 Å². The number of thioether (sulfide) groups is 1. The van der Waals surface area contributed by atoms with Crippen molar-refractivity contribution >= 4 is 27.7 Å². The molecule has 0 radical (unpaired) electrons. The minimum atomic E-state index is 0.0259. The lowest BCUT2D eigenvalue weighted by atomic mass is 9.96. The van der Waals surface area contributed by atoms with E-state index in [4.69, 9.17) is 15.2 Å². The van der Waals surface area contributed by atoms with E-state index in [0.29, 0.717) is 18.5 Å². The van der Waals surface area contributed by atoms with Gasteiger partial charge in [0.15, 0.2) is 11.5 Å². The van der Waals surface area contributed by atoms with Crippen LogP contribution in [0, 0.1) is 0 Å². The Morgan fingerprint density at radius 2 is 2.17 bits per heavy atom. The lowest BCUT2D eigenvalue weighted by Crippen LogP contribution is -2.21. The van der Waals surface area contributed by atoms with Crippen molar-refractivity contribution in [2.24, 2.45) is 5.73 Å². The van der Waals surface area contributed by atoms with Gasteiger partial charge in [-0.1, -0.05) is 22.9 Å². The Morgan fingerprint density at radius 1 is 1.39 bits per heavy atom. The highest BCUT2D eigenvalue weighted by Crippen LogP contribution is 2.47. The topological polar surface area (TPSA) is 44.5 Å². The van der Waals surface area contributed by atoms with E-state index >= 15 is 0 Å². The van der Waals surface area contributed by atoms with Crippen LogP contribution < -0.4 is 15.2 Å². The lowest BCUT2D eigenvalue weighted by molar-refractivity contribution is 0.168. The third kappa shape index (κ3) is 2.12. The minimum Gasteiger partial charge on any atom is -0.486 e. The van der Waals surface area contributed by atoms with Crippen molar-refractivity contribution in [2.45, 2.75) is 30.4 Å². The lowest BCUT2D eigenvalue weighted by Gasteiger charge is -2.25. The Labute approximate surface area is 120 Å². The highest BCUT2D eigenvalue weighted by molar-refractivity contribution is 9.10. The molecule has 1 aromatic carbocycles. The highest BCUT2D eigenvalue weighted by atomic mass is 79.9. The summed E-state index contributed by atoms with van der Waals surface area (Å²) >= 11 is 5.58. The maximum Gasteiger partial charge on any atom is 0.166 e. The summed E-state index contributed by atoms with van der Waals surface area (Å²) in [5.41, 5.74) is 8.76. The summed E-state index contributed by atoms with van der Waals surface area (Å²) in [4.78, 5) is 0. The molecule has 2 aliphatic heterocycles. The van der Waals surface area contributed by atoms with Gasteiger partial charge in [-0.3, -0.25) is 0 Å². The Kier molecular flexibility index (Phi) is 3.47. The molecule has 0 aromatic heterocycles. The summed E-state index contributed by atoms with van der Waals surface area (Å²) in [5, 5.41) is 0.569. The monoisotopic (exact) mass is 329 g/mol. The van der Waals surface area contributed by atoms with Crippen LogP contribution in [0.25, 0.3) is 0 Å². The number of benzene rings is 1. The van der Waals surface area contributed by atoms with Gasteiger partial charge in [0.05, 0.1) is 0 Å². The van der Waals surface area contributed by atoms with Crippen LogP contribution >= 0.6 is 27.7 Å². The first-order chi connectivity index (χ1) is 8.66. The second-order valence-electron chi connectivity index (χ2n) is 4.74. The zero-order valence-corrected chi connectivity index (χ0v) is 12.6. The molecular weight excluding hydrogens is 314 g/mol. The third-order valence-corrected chi connectivity index (χ3v) is 5.32. The van der Waals surface area contributed by atoms with Gasteiger partial charge in [-0.2, -0.15) is 11.8 Å². The van der Waals surface area contributed by atoms with E-state index in [2.05, 4.69) is 22.9 Å². The Morgan fingerprint density at radius 3 is 3.00 bits per heavy atom. The van der Waals surface area contributed by atoms with Gasteiger partial charge in [0.25, 0.3) is 0 Å². The Balaban J connectivity index is 2.16. The van der Waals surface area contributed by atoms with Crippen molar-refractivity contribution in [3.8, 4) is 11.5 Å². The molecule has 2 heterocycles. The summed E-state index contributed by atoms with van der Waals surface area (Å²) in [7, 11) is 0. The molecule has 0 saturated carbocycles. The van der Waals surface area contributed by atoms with Gasteiger partial charge in [-0.25, -0.2) is 0 Å². The SMILES string of the molecule is CC1C[C@@H](N)c2c(c(Br)cc3c2OCCO3)CS1. The van der Waals surface area contributed by atoms with Gasteiger partial charge in [0.2, 0.25) is 0 Å². The summed E-state index contributed by atoms with van der Waals surface area (Å²) < 4.78 is 12.6. The molecular formula is C13H16BrNO2S. The average Bonchev–Trinajstić information content (AvgIpc) is 2.49. The number of hydrogen-bond acceptors (Lipinski definition) is 4. The number of fused-ring (bicyclic) bond motifs is 3. The molecule has 2 aliphatic rings. The molecule has 0 bridgehead atoms. The van der Waals surface area contributed by atoms with E-state index in [1.54, 1.807) is 0 Å². The van der Waals surface area contributed by atoms with Crippen LogP contribution in [0.2, 0.25) is 0 Å². The fourth-order valence-corrected chi connectivity index (χ4v) is 4.38. The molecule has 0 fully saturated rings. The van der Waals surface area contributed by atoms with E-state index in [-0.39, 0.29) is 6.04 Å². The summed E-state index contributed by atoms with van der Waals surface area (Å²) in [5.74, 6) is 2.66. The van der Waals surface area contributed by atoms with E-state index in [9.17, 15) is 0 Å². The maximum atomic E-state index is 6.36. The fraction of sp³-hybridized carbons (Fsp3) is 0.538. The molecule has 2 atom stereocenters. The number of nitrogens with two attached hydrogens (primary N) is 1. The average molecular weight is 330 g/mol. The minimum absolute atomic E-state index is 0.0259. The zero-order chi connectivity index (χ0) is 12.7. The van der Waals surface area contributed by atoms with Crippen LogP contribution in [0.15, 0.2) is 10.5 Å². The number of hydrogen-bond donors (Lipinski definition) is 1. The van der Waals surface area contributed by atoms with Gasteiger partial charge < -0.3 is 15.2 Å². The van der Waals surface area contributed by atoms with E-state index in [1.165, 1.54) is 5.56 Å². The number of ether oxygens (including phenoxy) is 2. The second kappa shape index (κ2) is 4.94. The van der Waals surface area contributed by atoms with Gasteiger partial charge >= 0.3 is 0 Å². The summed E-state index contributed by atoms with van der Waals surface area (Å²) in [6.45, 7) is 3.45. The zero-order valence-electron chi connectivity index (χ0n) is 10.2. The van der Waals surface area contributed by atoms with Gasteiger partial charge in [-0.15, -0.1) is 0 Å². The fourth-order valence-electron chi connectivity index (χ4n) is 2.53.